The lowest BCUT2D eigenvalue weighted by Gasteiger charge is -2.14. The molecule has 0 spiro atoms. The number of hydrogen-bond donors (Lipinski definition) is 0. The number of methoxy groups -OCH3 is 1. The van der Waals surface area contributed by atoms with Gasteiger partial charge in [-0.25, -0.2) is 9.78 Å². The first-order valence-corrected chi connectivity index (χ1v) is 7.95. The highest BCUT2D eigenvalue weighted by Crippen LogP contribution is 2.24. The quantitative estimate of drug-likeness (QED) is 0.301. The minimum Gasteiger partial charge on any atom is -0.465 e. The molecule has 0 atom stereocenters. The lowest BCUT2D eigenvalue weighted by atomic mass is 10.1. The number of nitro groups is 1. The molecule has 1 heterocycles. The van der Waals surface area contributed by atoms with Crippen LogP contribution in [0.4, 0.5) is 5.69 Å². The van der Waals surface area contributed by atoms with Crippen molar-refractivity contribution in [3.05, 3.63) is 74.3 Å². The summed E-state index contributed by atoms with van der Waals surface area (Å²) in [7, 11) is 1.18. The van der Waals surface area contributed by atoms with E-state index in [4.69, 9.17) is 16.3 Å². The fourth-order valence-electron chi connectivity index (χ4n) is 2.62. The van der Waals surface area contributed by atoms with Crippen molar-refractivity contribution in [2.24, 2.45) is 0 Å². The van der Waals surface area contributed by atoms with Crippen LogP contribution in [-0.2, 0) is 10.6 Å². The average Bonchev–Trinajstić information content (AvgIpc) is 2.66. The van der Waals surface area contributed by atoms with Crippen LogP contribution in [-0.4, -0.2) is 27.6 Å². The number of rotatable bonds is 4. The van der Waals surface area contributed by atoms with E-state index in [-0.39, 0.29) is 28.6 Å². The molecule has 0 aliphatic heterocycles. The molecular formula is C17H12ClN3O5. The molecule has 0 aliphatic rings. The second-order valence-electron chi connectivity index (χ2n) is 5.27. The Morgan fingerprint density at radius 1 is 1.31 bits per heavy atom. The zero-order valence-electron chi connectivity index (χ0n) is 13.5. The highest BCUT2D eigenvalue weighted by atomic mass is 35.5. The Kier molecular flexibility index (Phi) is 4.68. The molecule has 9 heteroatoms. The van der Waals surface area contributed by atoms with Crippen LogP contribution in [0.2, 0.25) is 0 Å². The van der Waals surface area contributed by atoms with Gasteiger partial charge in [-0.2, -0.15) is 0 Å². The van der Waals surface area contributed by atoms with Gasteiger partial charge in [0.05, 0.1) is 40.1 Å². The molecule has 0 radical (unpaired) electrons. The number of para-hydroxylation sites is 1. The Balaban J connectivity index is 2.43. The van der Waals surface area contributed by atoms with E-state index in [9.17, 15) is 19.7 Å². The maximum absolute atomic E-state index is 13.0. The van der Waals surface area contributed by atoms with Crippen molar-refractivity contribution in [2.75, 3.05) is 7.11 Å². The Hall–Kier alpha value is -3.26. The summed E-state index contributed by atoms with van der Waals surface area (Å²) in [6.07, 6.45) is 0. The number of non-ortho nitro benzene ring substituents is 1. The Labute approximate surface area is 151 Å². The number of nitrogens with zero attached hydrogens (tertiary/aromatic N) is 3. The predicted octanol–water partition coefficient (Wildman–Crippen LogP) is 2.82. The first-order chi connectivity index (χ1) is 12.5. The maximum Gasteiger partial charge on any atom is 0.340 e. The topological polar surface area (TPSA) is 104 Å². The molecule has 8 nitrogen and oxygen atoms in total. The summed E-state index contributed by atoms with van der Waals surface area (Å²) >= 11 is 5.95. The molecule has 3 rings (SSSR count). The Morgan fingerprint density at radius 2 is 2.04 bits per heavy atom. The van der Waals surface area contributed by atoms with Crippen LogP contribution in [0.5, 0.6) is 0 Å². The summed E-state index contributed by atoms with van der Waals surface area (Å²) < 4.78 is 5.83. The van der Waals surface area contributed by atoms with E-state index in [0.29, 0.717) is 10.9 Å². The Morgan fingerprint density at radius 3 is 2.69 bits per heavy atom. The molecule has 26 heavy (non-hydrogen) atoms. The van der Waals surface area contributed by atoms with Crippen LogP contribution in [0.15, 0.2) is 47.3 Å². The molecule has 1 aromatic heterocycles. The van der Waals surface area contributed by atoms with Crippen molar-refractivity contribution in [1.29, 1.82) is 0 Å². The zero-order valence-corrected chi connectivity index (χ0v) is 14.3. The number of ether oxygens (including phenoxy) is 1. The number of carbonyl (C=O) groups is 1. The van der Waals surface area contributed by atoms with Gasteiger partial charge >= 0.3 is 5.97 Å². The second-order valence-corrected chi connectivity index (χ2v) is 5.54. The third-order valence-electron chi connectivity index (χ3n) is 3.80. The highest BCUT2D eigenvalue weighted by Gasteiger charge is 2.22. The molecule has 3 aromatic rings. The number of halogens is 1. The number of esters is 1. The van der Waals surface area contributed by atoms with Crippen molar-refractivity contribution in [3.63, 3.8) is 0 Å². The maximum atomic E-state index is 13.0. The van der Waals surface area contributed by atoms with Crippen molar-refractivity contribution in [1.82, 2.24) is 9.55 Å². The van der Waals surface area contributed by atoms with Gasteiger partial charge in [0, 0.05) is 12.1 Å². The van der Waals surface area contributed by atoms with Crippen LogP contribution >= 0.6 is 11.6 Å². The van der Waals surface area contributed by atoms with Gasteiger partial charge in [0.1, 0.15) is 5.82 Å². The van der Waals surface area contributed by atoms with Gasteiger partial charge in [0.2, 0.25) is 0 Å². The molecule has 0 amide bonds. The molecule has 132 valence electrons. The highest BCUT2D eigenvalue weighted by molar-refractivity contribution is 6.16. The summed E-state index contributed by atoms with van der Waals surface area (Å²) in [5.41, 5.74) is -0.354. The number of alkyl halides is 1. The lowest BCUT2D eigenvalue weighted by Crippen LogP contribution is -2.25. The molecule has 0 bridgehead atoms. The zero-order chi connectivity index (χ0) is 18.8. The van der Waals surface area contributed by atoms with E-state index >= 15 is 0 Å². The van der Waals surface area contributed by atoms with Gasteiger partial charge < -0.3 is 4.74 Å². The summed E-state index contributed by atoms with van der Waals surface area (Å²) in [6.45, 7) is 0. The molecule has 0 unspecified atom stereocenters. The van der Waals surface area contributed by atoms with Gasteiger partial charge in [-0.05, 0) is 18.2 Å². The van der Waals surface area contributed by atoms with E-state index in [1.54, 1.807) is 24.3 Å². The predicted molar refractivity (Wildman–Crippen MR) is 94.9 cm³/mol. The van der Waals surface area contributed by atoms with Crippen molar-refractivity contribution in [3.8, 4) is 5.69 Å². The SMILES string of the molecule is COC(=O)c1ccc([N+](=O)[O-])cc1-n1c(CCl)nc2ccccc2c1=O. The van der Waals surface area contributed by atoms with Gasteiger partial charge in [-0.1, -0.05) is 12.1 Å². The van der Waals surface area contributed by atoms with Crippen molar-refractivity contribution >= 4 is 34.2 Å². The van der Waals surface area contributed by atoms with Crippen LogP contribution in [0.3, 0.4) is 0 Å². The fourth-order valence-corrected chi connectivity index (χ4v) is 2.80. The summed E-state index contributed by atoms with van der Waals surface area (Å²) in [5, 5.41) is 11.4. The number of benzene rings is 2. The van der Waals surface area contributed by atoms with Crippen molar-refractivity contribution in [2.45, 2.75) is 5.88 Å². The minimum atomic E-state index is -0.740. The second kappa shape index (κ2) is 6.93. The average molecular weight is 374 g/mol. The standard InChI is InChI=1S/C17H12ClN3O5/c1-26-17(23)12-7-6-10(21(24)25)8-14(12)20-15(9-18)19-13-5-3-2-4-11(13)16(20)22/h2-8H,9H2,1H3. The lowest BCUT2D eigenvalue weighted by molar-refractivity contribution is -0.384. The van der Waals surface area contributed by atoms with E-state index in [2.05, 4.69) is 4.98 Å². The van der Waals surface area contributed by atoms with Crippen LogP contribution < -0.4 is 5.56 Å². The number of aromatic nitrogens is 2. The summed E-state index contributed by atoms with van der Waals surface area (Å²) in [6, 6.07) is 10.2. The molecule has 0 aliphatic carbocycles. The molecular weight excluding hydrogens is 362 g/mol. The summed E-state index contributed by atoms with van der Waals surface area (Å²) in [4.78, 5) is 40.0. The fraction of sp³-hybridized carbons (Fsp3) is 0.118. The van der Waals surface area contributed by atoms with Gasteiger partial charge in [0.25, 0.3) is 11.2 Å². The first kappa shape index (κ1) is 17.6. The van der Waals surface area contributed by atoms with Crippen LogP contribution in [0, 0.1) is 10.1 Å². The normalized spacial score (nSPS) is 10.7. The van der Waals surface area contributed by atoms with Crippen LogP contribution in [0.1, 0.15) is 16.2 Å². The smallest absolute Gasteiger partial charge is 0.340 e. The number of nitro benzene ring substituents is 1. The number of fused-ring (bicyclic) bond motifs is 1. The molecule has 0 saturated heterocycles. The van der Waals surface area contributed by atoms with E-state index < -0.39 is 16.5 Å². The van der Waals surface area contributed by atoms with E-state index in [1.807, 2.05) is 0 Å². The number of hydrogen-bond acceptors (Lipinski definition) is 6. The molecule has 2 aromatic carbocycles. The monoisotopic (exact) mass is 373 g/mol. The molecule has 0 fully saturated rings. The van der Waals surface area contributed by atoms with Crippen LogP contribution in [0.25, 0.3) is 16.6 Å². The van der Waals surface area contributed by atoms with Crippen molar-refractivity contribution < 1.29 is 14.5 Å². The minimum absolute atomic E-state index is 0.00930. The third-order valence-corrected chi connectivity index (χ3v) is 4.04. The first-order valence-electron chi connectivity index (χ1n) is 7.41. The summed E-state index contributed by atoms with van der Waals surface area (Å²) in [5.74, 6) is -0.722. The van der Waals surface area contributed by atoms with Gasteiger partial charge in [-0.3, -0.25) is 19.5 Å². The number of carbonyl (C=O) groups excluding carboxylic acids is 1. The van der Waals surface area contributed by atoms with Gasteiger partial charge in [0.15, 0.2) is 0 Å². The largest absolute Gasteiger partial charge is 0.465 e. The van der Waals surface area contributed by atoms with Gasteiger partial charge in [-0.15, -0.1) is 11.6 Å². The third kappa shape index (κ3) is 2.91. The Bertz CT molecular complexity index is 1090. The molecule has 0 saturated carbocycles. The molecule has 0 N–H and O–H groups in total. The van der Waals surface area contributed by atoms with E-state index in [1.165, 1.54) is 13.2 Å². The van der Waals surface area contributed by atoms with E-state index in [0.717, 1.165) is 16.7 Å².